The normalized spacial score (nSPS) is 11.8. The maximum absolute atomic E-state index is 12.5. The van der Waals surface area contributed by atoms with Crippen molar-refractivity contribution in [2.75, 3.05) is 43.6 Å². The summed E-state index contributed by atoms with van der Waals surface area (Å²) >= 11 is 0. The lowest BCUT2D eigenvalue weighted by atomic mass is 10.2. The highest BCUT2D eigenvalue weighted by Crippen LogP contribution is 2.22. The molecule has 2 rings (SSSR count). The molecule has 0 heterocycles. The van der Waals surface area contributed by atoms with Crippen molar-refractivity contribution in [2.24, 2.45) is 0 Å². The van der Waals surface area contributed by atoms with Crippen LogP contribution in [0, 0.1) is 0 Å². The summed E-state index contributed by atoms with van der Waals surface area (Å²) in [5.41, 5.74) is 0.630. The number of hydrogen-bond donors (Lipinski definition) is 1. The second-order valence-corrected chi connectivity index (χ2v) is 10.7. The molecule has 10 nitrogen and oxygen atoms in total. The minimum absolute atomic E-state index is 0.0150. The fourth-order valence-corrected chi connectivity index (χ4v) is 4.33. The van der Waals surface area contributed by atoms with Gasteiger partial charge in [-0.3, -0.25) is 9.10 Å². The largest absolute Gasteiger partial charge is 0.465 e. The van der Waals surface area contributed by atoms with E-state index in [4.69, 9.17) is 0 Å². The molecule has 0 bridgehead atoms. The molecule has 0 unspecified atom stereocenters. The van der Waals surface area contributed by atoms with E-state index in [1.165, 1.54) is 63.7 Å². The van der Waals surface area contributed by atoms with E-state index in [2.05, 4.69) is 10.1 Å². The first-order chi connectivity index (χ1) is 14.4. The van der Waals surface area contributed by atoms with Crippen molar-refractivity contribution < 1.29 is 31.2 Å². The van der Waals surface area contributed by atoms with E-state index >= 15 is 0 Å². The smallest absolute Gasteiger partial charge is 0.337 e. The number of nitrogens with zero attached hydrogens (tertiary/aromatic N) is 2. The molecule has 0 aliphatic heterocycles. The molecule has 0 spiro atoms. The predicted octanol–water partition coefficient (Wildman–Crippen LogP) is 1.13. The van der Waals surface area contributed by atoms with Crippen LogP contribution in [0.2, 0.25) is 0 Å². The Morgan fingerprint density at radius 2 is 1.61 bits per heavy atom. The molecule has 0 aliphatic carbocycles. The average molecular weight is 470 g/mol. The molecule has 0 atom stereocenters. The van der Waals surface area contributed by atoms with Crippen LogP contribution in [0.5, 0.6) is 0 Å². The van der Waals surface area contributed by atoms with Crippen LogP contribution in [0.3, 0.4) is 0 Å². The van der Waals surface area contributed by atoms with Crippen molar-refractivity contribution in [3.8, 4) is 0 Å². The first kappa shape index (κ1) is 24.3. The van der Waals surface area contributed by atoms with Crippen molar-refractivity contribution in [3.05, 3.63) is 54.1 Å². The molecule has 0 aliphatic rings. The minimum atomic E-state index is -3.86. The van der Waals surface area contributed by atoms with Crippen molar-refractivity contribution in [1.82, 2.24) is 4.31 Å². The number of carbonyl (C=O) groups excluding carboxylic acids is 2. The lowest BCUT2D eigenvalue weighted by molar-refractivity contribution is -0.114. The number of rotatable bonds is 8. The van der Waals surface area contributed by atoms with Gasteiger partial charge in [0.1, 0.15) is 6.54 Å². The summed E-state index contributed by atoms with van der Waals surface area (Å²) in [6, 6.07) is 11.1. The third kappa shape index (κ3) is 6.03. The Labute approximate surface area is 181 Å². The van der Waals surface area contributed by atoms with Gasteiger partial charge in [0.15, 0.2) is 0 Å². The Morgan fingerprint density at radius 3 is 2.13 bits per heavy atom. The summed E-state index contributed by atoms with van der Waals surface area (Å²) in [5, 5.41) is 2.53. The van der Waals surface area contributed by atoms with E-state index in [0.29, 0.717) is 0 Å². The van der Waals surface area contributed by atoms with Gasteiger partial charge in [-0.15, -0.1) is 0 Å². The fourth-order valence-electron chi connectivity index (χ4n) is 2.57. The van der Waals surface area contributed by atoms with E-state index in [1.807, 2.05) is 0 Å². The summed E-state index contributed by atoms with van der Waals surface area (Å²) in [4.78, 5) is 24.1. The van der Waals surface area contributed by atoms with Crippen LogP contribution >= 0.6 is 0 Å². The van der Waals surface area contributed by atoms with Crippen molar-refractivity contribution in [3.63, 3.8) is 0 Å². The summed E-state index contributed by atoms with van der Waals surface area (Å²) < 4.78 is 55.4. The van der Waals surface area contributed by atoms with Gasteiger partial charge < -0.3 is 10.1 Å². The van der Waals surface area contributed by atoms with Gasteiger partial charge >= 0.3 is 5.97 Å². The molecule has 0 aromatic heterocycles. The van der Waals surface area contributed by atoms with Crippen molar-refractivity contribution >= 4 is 43.3 Å². The zero-order valence-corrected chi connectivity index (χ0v) is 19.0. The first-order valence-electron chi connectivity index (χ1n) is 8.85. The number of nitrogens with one attached hydrogen (secondary N) is 1. The highest BCUT2D eigenvalue weighted by molar-refractivity contribution is 7.92. The molecule has 0 fully saturated rings. The molecular formula is C19H23N3O7S2. The van der Waals surface area contributed by atoms with Crippen LogP contribution in [-0.2, 0) is 29.6 Å². The van der Waals surface area contributed by atoms with Gasteiger partial charge in [-0.1, -0.05) is 6.07 Å². The Hall–Kier alpha value is -2.96. The number of ether oxygens (including phenoxy) is 1. The SMILES string of the molecule is COC(=O)c1cccc(NC(=O)CN(c2ccc(S(=O)(=O)N(C)C)cc2)S(C)(=O)=O)c1. The third-order valence-electron chi connectivity index (χ3n) is 4.16. The Bertz CT molecular complexity index is 1180. The number of amides is 1. The second-order valence-electron chi connectivity index (χ2n) is 6.67. The zero-order valence-electron chi connectivity index (χ0n) is 17.4. The third-order valence-corrected chi connectivity index (χ3v) is 7.13. The molecule has 31 heavy (non-hydrogen) atoms. The van der Waals surface area contributed by atoms with Gasteiger partial charge in [0.25, 0.3) is 0 Å². The van der Waals surface area contributed by atoms with Crippen LogP contribution in [0.1, 0.15) is 10.4 Å². The molecular weight excluding hydrogens is 446 g/mol. The molecule has 0 saturated heterocycles. The number of methoxy groups -OCH3 is 1. The quantitative estimate of drug-likeness (QED) is 0.574. The Morgan fingerprint density at radius 1 is 1.00 bits per heavy atom. The van der Waals surface area contributed by atoms with E-state index in [9.17, 15) is 26.4 Å². The van der Waals surface area contributed by atoms with E-state index < -0.39 is 38.5 Å². The number of carbonyl (C=O) groups is 2. The monoisotopic (exact) mass is 469 g/mol. The molecule has 0 radical (unpaired) electrons. The number of hydrogen-bond acceptors (Lipinski definition) is 7. The lowest BCUT2D eigenvalue weighted by Crippen LogP contribution is -2.37. The van der Waals surface area contributed by atoms with E-state index in [1.54, 1.807) is 6.07 Å². The molecule has 0 saturated carbocycles. The van der Waals surface area contributed by atoms with Crippen LogP contribution in [-0.4, -0.2) is 67.0 Å². The summed E-state index contributed by atoms with van der Waals surface area (Å²) in [6.07, 6.45) is 0.933. The van der Waals surface area contributed by atoms with E-state index in [-0.39, 0.29) is 21.8 Å². The summed E-state index contributed by atoms with van der Waals surface area (Å²) in [7, 11) is -3.55. The maximum atomic E-state index is 12.5. The number of esters is 1. The summed E-state index contributed by atoms with van der Waals surface area (Å²) in [6.45, 7) is -0.555. The predicted molar refractivity (Wildman–Crippen MR) is 116 cm³/mol. The highest BCUT2D eigenvalue weighted by atomic mass is 32.2. The summed E-state index contributed by atoms with van der Waals surface area (Å²) in [5.74, 6) is -1.24. The standard InChI is InChI=1S/C19H23N3O7S2/c1-21(2)31(27,28)17-10-8-16(9-11-17)22(30(4,25)26)13-18(23)20-15-7-5-6-14(12-15)19(24)29-3/h5-12H,13H2,1-4H3,(H,20,23). The van der Waals surface area contributed by atoms with Crippen molar-refractivity contribution in [2.45, 2.75) is 4.90 Å². The van der Waals surface area contributed by atoms with Gasteiger partial charge in [-0.25, -0.2) is 25.9 Å². The van der Waals surface area contributed by atoms with Crippen LogP contribution in [0.15, 0.2) is 53.4 Å². The van der Waals surface area contributed by atoms with Gasteiger partial charge in [0.2, 0.25) is 26.0 Å². The first-order valence-corrected chi connectivity index (χ1v) is 12.1. The Kier molecular flexibility index (Phi) is 7.41. The molecule has 2 aromatic carbocycles. The number of anilines is 2. The Balaban J connectivity index is 2.25. The molecule has 12 heteroatoms. The van der Waals surface area contributed by atoms with Crippen LogP contribution in [0.4, 0.5) is 11.4 Å². The van der Waals surface area contributed by atoms with E-state index in [0.717, 1.165) is 14.9 Å². The number of sulfonamides is 2. The molecule has 1 amide bonds. The number of benzene rings is 2. The topological polar surface area (TPSA) is 130 Å². The van der Waals surface area contributed by atoms with Gasteiger partial charge in [-0.2, -0.15) is 0 Å². The highest BCUT2D eigenvalue weighted by Gasteiger charge is 2.23. The molecule has 168 valence electrons. The van der Waals surface area contributed by atoms with Crippen LogP contribution < -0.4 is 9.62 Å². The van der Waals surface area contributed by atoms with Gasteiger partial charge in [0, 0.05) is 19.8 Å². The molecule has 2 aromatic rings. The van der Waals surface area contributed by atoms with Gasteiger partial charge in [0.05, 0.1) is 29.5 Å². The van der Waals surface area contributed by atoms with Crippen LogP contribution in [0.25, 0.3) is 0 Å². The zero-order chi connectivity index (χ0) is 23.4. The van der Waals surface area contributed by atoms with Gasteiger partial charge in [-0.05, 0) is 42.5 Å². The second kappa shape index (κ2) is 9.45. The van der Waals surface area contributed by atoms with Crippen molar-refractivity contribution in [1.29, 1.82) is 0 Å². The lowest BCUT2D eigenvalue weighted by Gasteiger charge is -2.22. The maximum Gasteiger partial charge on any atom is 0.337 e. The minimum Gasteiger partial charge on any atom is -0.465 e. The molecule has 1 N–H and O–H groups in total. The fraction of sp³-hybridized carbons (Fsp3) is 0.263. The average Bonchev–Trinajstić information content (AvgIpc) is 2.70.